The molecular formula is C18H18N4O4. The summed E-state index contributed by atoms with van der Waals surface area (Å²) in [6, 6.07) is 6.98. The molecule has 0 saturated carbocycles. The number of nitrogens with one attached hydrogen (secondary N) is 1. The second-order valence-electron chi connectivity index (χ2n) is 6.09. The fraction of sp³-hybridized carbons (Fsp3) is 0.278. The number of rotatable bonds is 4. The summed E-state index contributed by atoms with van der Waals surface area (Å²) in [6.07, 6.45) is 3.39. The van der Waals surface area contributed by atoms with Crippen molar-refractivity contribution in [3.63, 3.8) is 0 Å². The average Bonchev–Trinajstić information content (AvgIpc) is 2.64. The van der Waals surface area contributed by atoms with E-state index in [0.717, 1.165) is 30.1 Å². The first-order valence-electron chi connectivity index (χ1n) is 8.20. The molecule has 3 rings (SSSR count). The Bertz CT molecular complexity index is 833. The number of piperidine rings is 1. The van der Waals surface area contributed by atoms with Gasteiger partial charge in [0.15, 0.2) is 5.69 Å². The summed E-state index contributed by atoms with van der Waals surface area (Å²) in [4.78, 5) is 44.9. The topological polar surface area (TPSA) is 112 Å². The van der Waals surface area contributed by atoms with Crippen LogP contribution in [-0.2, 0) is 4.79 Å². The van der Waals surface area contributed by atoms with Crippen LogP contribution in [0.1, 0.15) is 39.4 Å². The van der Waals surface area contributed by atoms with E-state index in [4.69, 9.17) is 5.11 Å². The average molecular weight is 354 g/mol. The smallest absolute Gasteiger partial charge is 0.356 e. The third-order valence-corrected chi connectivity index (χ3v) is 4.19. The summed E-state index contributed by atoms with van der Waals surface area (Å²) in [5.41, 5.74) is 1.62. The van der Waals surface area contributed by atoms with E-state index in [9.17, 15) is 14.4 Å². The van der Waals surface area contributed by atoms with Crippen LogP contribution in [0.4, 0.5) is 5.69 Å². The van der Waals surface area contributed by atoms with Crippen molar-refractivity contribution in [3.8, 4) is 0 Å². The molecule has 8 nitrogen and oxygen atoms in total. The lowest BCUT2D eigenvalue weighted by molar-refractivity contribution is -0.121. The molecule has 26 heavy (non-hydrogen) atoms. The molecule has 2 N–H and O–H groups in total. The zero-order valence-corrected chi connectivity index (χ0v) is 14.2. The summed E-state index contributed by atoms with van der Waals surface area (Å²) in [5, 5.41) is 11.5. The first-order valence-corrected chi connectivity index (χ1v) is 8.20. The molecular weight excluding hydrogens is 336 g/mol. The number of hydrogen-bond acceptors (Lipinski definition) is 5. The Morgan fingerprint density at radius 2 is 1.81 bits per heavy atom. The molecule has 1 aliphatic heterocycles. The van der Waals surface area contributed by atoms with Crippen LogP contribution in [0.3, 0.4) is 0 Å². The van der Waals surface area contributed by atoms with Crippen molar-refractivity contribution in [2.45, 2.75) is 25.8 Å². The molecule has 8 heteroatoms. The number of carboxylic acids is 1. The van der Waals surface area contributed by atoms with Gasteiger partial charge >= 0.3 is 5.97 Å². The summed E-state index contributed by atoms with van der Waals surface area (Å²) >= 11 is 0. The highest BCUT2D eigenvalue weighted by Crippen LogP contribution is 2.21. The Labute approximate surface area is 149 Å². The molecule has 1 unspecified atom stereocenters. The number of nitrogens with zero attached hydrogens (tertiary/aromatic N) is 3. The molecule has 2 heterocycles. The van der Waals surface area contributed by atoms with Gasteiger partial charge in [0.25, 0.3) is 5.91 Å². The minimum Gasteiger partial charge on any atom is -0.476 e. The predicted octanol–water partition coefficient (Wildman–Crippen LogP) is 1.41. The van der Waals surface area contributed by atoms with Gasteiger partial charge in [0.2, 0.25) is 5.91 Å². The second-order valence-corrected chi connectivity index (χ2v) is 6.09. The van der Waals surface area contributed by atoms with Crippen LogP contribution in [0.2, 0.25) is 0 Å². The standard InChI is InChI=1S/C18H18N4O4/c1-11-4-6-12(7-5-11)22-8-2-3-13(17(22)24)21-16(23)14-9-20-15(10-19-14)18(25)26/h4-7,9-10,13H,2-3,8H2,1H3,(H,21,23)(H,25,26). The van der Waals surface area contributed by atoms with Crippen LogP contribution in [0.5, 0.6) is 0 Å². The monoisotopic (exact) mass is 354 g/mol. The van der Waals surface area contributed by atoms with Crippen LogP contribution in [0.25, 0.3) is 0 Å². The van der Waals surface area contributed by atoms with Crippen molar-refractivity contribution >= 4 is 23.5 Å². The van der Waals surface area contributed by atoms with Gasteiger partial charge in [-0.3, -0.25) is 9.59 Å². The van der Waals surface area contributed by atoms with E-state index >= 15 is 0 Å². The molecule has 2 aromatic rings. The summed E-state index contributed by atoms with van der Waals surface area (Å²) < 4.78 is 0. The Morgan fingerprint density at radius 3 is 2.42 bits per heavy atom. The van der Waals surface area contributed by atoms with Gasteiger partial charge in [0.05, 0.1) is 12.4 Å². The highest BCUT2D eigenvalue weighted by atomic mass is 16.4. The maximum absolute atomic E-state index is 12.7. The molecule has 134 valence electrons. The fourth-order valence-corrected chi connectivity index (χ4v) is 2.78. The van der Waals surface area contributed by atoms with Gasteiger partial charge in [-0.25, -0.2) is 14.8 Å². The molecule has 1 aromatic carbocycles. The van der Waals surface area contributed by atoms with Crippen molar-refractivity contribution < 1.29 is 19.5 Å². The van der Waals surface area contributed by atoms with Crippen molar-refractivity contribution in [2.24, 2.45) is 0 Å². The zero-order valence-electron chi connectivity index (χ0n) is 14.2. The lowest BCUT2D eigenvalue weighted by Crippen LogP contribution is -2.52. The summed E-state index contributed by atoms with van der Waals surface area (Å²) in [7, 11) is 0. The normalized spacial score (nSPS) is 17.0. The number of anilines is 1. The first kappa shape index (κ1) is 17.5. The largest absolute Gasteiger partial charge is 0.476 e. The maximum Gasteiger partial charge on any atom is 0.356 e. The SMILES string of the molecule is Cc1ccc(N2CCCC(NC(=O)c3cnc(C(=O)O)cn3)C2=O)cc1. The van der Waals surface area contributed by atoms with E-state index in [-0.39, 0.29) is 17.3 Å². The number of carbonyl (C=O) groups excluding carboxylic acids is 2. The number of aromatic carboxylic acids is 1. The molecule has 0 bridgehead atoms. The van der Waals surface area contributed by atoms with Gasteiger partial charge in [0.1, 0.15) is 11.7 Å². The maximum atomic E-state index is 12.7. The lowest BCUT2D eigenvalue weighted by atomic mass is 10.0. The van der Waals surface area contributed by atoms with Gasteiger partial charge in [-0.1, -0.05) is 17.7 Å². The molecule has 0 radical (unpaired) electrons. The molecule has 1 atom stereocenters. The van der Waals surface area contributed by atoms with Crippen LogP contribution in [-0.4, -0.2) is 45.4 Å². The number of carbonyl (C=O) groups is 3. The Morgan fingerprint density at radius 1 is 1.15 bits per heavy atom. The van der Waals surface area contributed by atoms with Crippen LogP contribution >= 0.6 is 0 Å². The van der Waals surface area contributed by atoms with Crippen molar-refractivity contribution in [1.82, 2.24) is 15.3 Å². The number of aromatic nitrogens is 2. The number of hydrogen-bond donors (Lipinski definition) is 2. The highest BCUT2D eigenvalue weighted by Gasteiger charge is 2.31. The van der Waals surface area contributed by atoms with Crippen molar-refractivity contribution in [3.05, 3.63) is 53.6 Å². The van der Waals surface area contributed by atoms with E-state index in [0.29, 0.717) is 13.0 Å². The van der Waals surface area contributed by atoms with Crippen LogP contribution in [0, 0.1) is 6.92 Å². The highest BCUT2D eigenvalue weighted by molar-refractivity contribution is 6.02. The molecule has 0 spiro atoms. The number of benzene rings is 1. The van der Waals surface area contributed by atoms with Crippen molar-refractivity contribution in [1.29, 1.82) is 0 Å². The van der Waals surface area contributed by atoms with Gasteiger partial charge in [0, 0.05) is 12.2 Å². The van der Waals surface area contributed by atoms with E-state index in [1.807, 2.05) is 31.2 Å². The summed E-state index contributed by atoms with van der Waals surface area (Å²) in [6.45, 7) is 2.57. The van der Waals surface area contributed by atoms with E-state index < -0.39 is 17.9 Å². The fourth-order valence-electron chi connectivity index (χ4n) is 2.78. The minimum absolute atomic E-state index is 0.0322. The zero-order chi connectivity index (χ0) is 18.7. The molecule has 1 fully saturated rings. The van der Waals surface area contributed by atoms with Crippen LogP contribution in [0.15, 0.2) is 36.7 Å². The second kappa shape index (κ2) is 7.30. The molecule has 1 saturated heterocycles. The van der Waals surface area contributed by atoms with E-state index in [2.05, 4.69) is 15.3 Å². The molecule has 0 aliphatic carbocycles. The predicted molar refractivity (Wildman–Crippen MR) is 93.0 cm³/mol. The third kappa shape index (κ3) is 3.69. The summed E-state index contributed by atoms with van der Waals surface area (Å²) in [5.74, 6) is -1.96. The third-order valence-electron chi connectivity index (χ3n) is 4.19. The van der Waals surface area contributed by atoms with Gasteiger partial charge in [-0.15, -0.1) is 0 Å². The van der Waals surface area contributed by atoms with E-state index in [1.165, 1.54) is 0 Å². The Balaban J connectivity index is 1.70. The Kier molecular flexibility index (Phi) is 4.92. The van der Waals surface area contributed by atoms with Gasteiger partial charge < -0.3 is 15.3 Å². The quantitative estimate of drug-likeness (QED) is 0.858. The molecule has 1 aliphatic rings. The molecule has 2 amide bonds. The van der Waals surface area contributed by atoms with Crippen molar-refractivity contribution in [2.75, 3.05) is 11.4 Å². The first-order chi connectivity index (χ1) is 12.5. The Hall–Kier alpha value is -3.29. The van der Waals surface area contributed by atoms with Gasteiger partial charge in [-0.05, 0) is 31.9 Å². The number of carboxylic acid groups (broad SMARTS) is 1. The molecule has 1 aromatic heterocycles. The minimum atomic E-state index is -1.22. The number of amides is 2. The van der Waals surface area contributed by atoms with Gasteiger partial charge in [-0.2, -0.15) is 0 Å². The number of aryl methyl sites for hydroxylation is 1. The lowest BCUT2D eigenvalue weighted by Gasteiger charge is -2.32. The van der Waals surface area contributed by atoms with E-state index in [1.54, 1.807) is 4.90 Å². The van der Waals surface area contributed by atoms with Crippen LogP contribution < -0.4 is 10.2 Å².